The molecule has 4 heteroatoms. The van der Waals surface area contributed by atoms with Crippen LogP contribution in [0.1, 0.15) is 18.4 Å². The zero-order chi connectivity index (χ0) is 13.2. The summed E-state index contributed by atoms with van der Waals surface area (Å²) >= 11 is 3.60. The van der Waals surface area contributed by atoms with Gasteiger partial charge in [0.25, 0.3) is 0 Å². The maximum absolute atomic E-state index is 12.8. The van der Waals surface area contributed by atoms with Gasteiger partial charge in [0.2, 0.25) is 0 Å². The Balaban J connectivity index is 1.85. The average molecular weight is 292 g/mol. The van der Waals surface area contributed by atoms with Crippen molar-refractivity contribution >= 4 is 35.4 Å². The van der Waals surface area contributed by atoms with Crippen LogP contribution < -0.4 is 0 Å². The summed E-state index contributed by atoms with van der Waals surface area (Å²) in [6.45, 7) is 0. The van der Waals surface area contributed by atoms with Gasteiger partial charge in [-0.2, -0.15) is 0 Å². The number of allylic oxidation sites excluding steroid dienone is 2. The predicted octanol–water partition coefficient (Wildman–Crippen LogP) is 4.26. The van der Waals surface area contributed by atoms with Crippen molar-refractivity contribution in [2.24, 2.45) is 0 Å². The summed E-state index contributed by atoms with van der Waals surface area (Å²) in [7, 11) is 0. The van der Waals surface area contributed by atoms with Crippen molar-refractivity contribution in [1.82, 2.24) is 0 Å². The molecule has 1 aromatic carbocycles. The lowest BCUT2D eigenvalue weighted by atomic mass is 10.1. The van der Waals surface area contributed by atoms with Crippen molar-refractivity contribution in [3.8, 4) is 0 Å². The van der Waals surface area contributed by atoms with E-state index in [4.69, 9.17) is 0 Å². The van der Waals surface area contributed by atoms with Crippen LogP contribution in [0.15, 0.2) is 39.6 Å². The Hall–Kier alpha value is -1.000. The van der Waals surface area contributed by atoms with E-state index in [0.717, 1.165) is 41.1 Å². The van der Waals surface area contributed by atoms with Gasteiger partial charge in [0, 0.05) is 26.9 Å². The number of halogens is 1. The fourth-order valence-electron chi connectivity index (χ4n) is 2.26. The third-order valence-corrected chi connectivity index (χ3v) is 6.02. The molecule has 19 heavy (non-hydrogen) atoms. The Morgan fingerprint density at radius 1 is 1.05 bits per heavy atom. The predicted molar refractivity (Wildman–Crippen MR) is 80.6 cm³/mol. The van der Waals surface area contributed by atoms with Gasteiger partial charge < -0.3 is 0 Å². The Labute approximate surface area is 120 Å². The highest BCUT2D eigenvalue weighted by Crippen LogP contribution is 2.43. The minimum absolute atomic E-state index is 0.182. The molecule has 1 nitrogen and oxygen atoms in total. The van der Waals surface area contributed by atoms with Gasteiger partial charge in [0.1, 0.15) is 5.82 Å². The number of Topliss-reactive ketones (excluding diaryl/α,β-unsaturated/α-hetero) is 1. The topological polar surface area (TPSA) is 17.1 Å². The van der Waals surface area contributed by atoms with Crippen LogP contribution in [-0.4, -0.2) is 17.3 Å². The minimum Gasteiger partial charge on any atom is -0.289 e. The van der Waals surface area contributed by atoms with Gasteiger partial charge in [0.05, 0.1) is 0 Å². The molecule has 1 aromatic rings. The van der Waals surface area contributed by atoms with Crippen molar-refractivity contribution in [1.29, 1.82) is 0 Å². The Kier molecular flexibility index (Phi) is 3.80. The molecule has 0 bridgehead atoms. The summed E-state index contributed by atoms with van der Waals surface area (Å²) in [5, 5.41) is 0. The van der Waals surface area contributed by atoms with Crippen molar-refractivity contribution in [3.63, 3.8) is 0 Å². The normalized spacial score (nSPS) is 21.7. The van der Waals surface area contributed by atoms with Crippen molar-refractivity contribution in [3.05, 3.63) is 51.0 Å². The van der Waals surface area contributed by atoms with Crippen LogP contribution in [0.5, 0.6) is 0 Å². The van der Waals surface area contributed by atoms with E-state index in [9.17, 15) is 9.18 Å². The van der Waals surface area contributed by atoms with E-state index in [1.807, 2.05) is 6.08 Å². The van der Waals surface area contributed by atoms with Gasteiger partial charge in [-0.15, -0.1) is 23.5 Å². The smallest absolute Gasteiger partial charge is 0.186 e. The number of hydrogen-bond donors (Lipinski definition) is 0. The molecular formula is C15H13FOS2. The van der Waals surface area contributed by atoms with E-state index in [1.165, 1.54) is 16.4 Å². The summed E-state index contributed by atoms with van der Waals surface area (Å²) in [5.41, 5.74) is 2.73. The molecule has 0 aromatic heterocycles. The molecule has 1 saturated heterocycles. The fraction of sp³-hybridized carbons (Fsp3) is 0.267. The molecule has 98 valence electrons. The number of carbonyl (C=O) groups excluding carboxylic acids is 1. The van der Waals surface area contributed by atoms with Crippen LogP contribution in [0.3, 0.4) is 0 Å². The summed E-state index contributed by atoms with van der Waals surface area (Å²) in [6, 6.07) is 6.27. The molecule has 1 heterocycles. The number of thioether (sulfide) groups is 2. The molecule has 2 fully saturated rings. The number of rotatable bonds is 1. The van der Waals surface area contributed by atoms with E-state index in [-0.39, 0.29) is 11.6 Å². The van der Waals surface area contributed by atoms with Gasteiger partial charge in [0.15, 0.2) is 5.78 Å². The van der Waals surface area contributed by atoms with Crippen LogP contribution in [0.25, 0.3) is 6.08 Å². The second-order valence-corrected chi connectivity index (χ2v) is 6.98. The third-order valence-electron chi connectivity index (χ3n) is 3.22. The van der Waals surface area contributed by atoms with E-state index in [0.29, 0.717) is 0 Å². The molecule has 0 spiro atoms. The number of benzene rings is 1. The van der Waals surface area contributed by atoms with Gasteiger partial charge in [-0.1, -0.05) is 12.1 Å². The maximum Gasteiger partial charge on any atom is 0.186 e. The summed E-state index contributed by atoms with van der Waals surface area (Å²) in [4.78, 5) is 12.3. The number of carbonyl (C=O) groups is 1. The molecule has 0 amide bonds. The van der Waals surface area contributed by atoms with E-state index in [1.54, 1.807) is 35.7 Å². The molecular weight excluding hydrogens is 279 g/mol. The SMILES string of the molecule is O=C1C(=Cc2ccc(F)cc2)CCC1=C1SCCS1. The molecule has 1 aliphatic carbocycles. The average Bonchev–Trinajstić information content (AvgIpc) is 3.03. The Morgan fingerprint density at radius 2 is 1.74 bits per heavy atom. The zero-order valence-corrected chi connectivity index (χ0v) is 12.0. The molecule has 0 unspecified atom stereocenters. The lowest BCUT2D eigenvalue weighted by molar-refractivity contribution is -0.111. The molecule has 0 N–H and O–H groups in total. The first-order valence-corrected chi connectivity index (χ1v) is 8.21. The number of hydrogen-bond acceptors (Lipinski definition) is 3. The first-order chi connectivity index (χ1) is 9.24. The highest BCUT2D eigenvalue weighted by Gasteiger charge is 2.28. The van der Waals surface area contributed by atoms with Crippen molar-refractivity contribution in [2.45, 2.75) is 12.8 Å². The van der Waals surface area contributed by atoms with Gasteiger partial charge in [-0.05, 0) is 36.6 Å². The maximum atomic E-state index is 12.8. The highest BCUT2D eigenvalue weighted by atomic mass is 32.2. The van der Waals surface area contributed by atoms with Gasteiger partial charge >= 0.3 is 0 Å². The fourth-order valence-corrected chi connectivity index (χ4v) is 4.87. The standard InChI is InChI=1S/C15H13FOS2/c16-12-4-1-10(2-5-12)9-11-3-6-13(14(11)17)15-18-7-8-19-15/h1-2,4-5,9H,3,6-8H2. The van der Waals surface area contributed by atoms with Crippen LogP contribution in [-0.2, 0) is 4.79 Å². The van der Waals surface area contributed by atoms with Gasteiger partial charge in [-0.25, -0.2) is 4.39 Å². The largest absolute Gasteiger partial charge is 0.289 e. The Bertz CT molecular complexity index is 564. The quantitative estimate of drug-likeness (QED) is 0.720. The first-order valence-electron chi connectivity index (χ1n) is 6.23. The monoisotopic (exact) mass is 292 g/mol. The first kappa shape index (κ1) is 13.0. The Morgan fingerprint density at radius 3 is 2.42 bits per heavy atom. The molecule has 1 aliphatic heterocycles. The molecule has 3 rings (SSSR count). The van der Waals surface area contributed by atoms with Crippen LogP contribution in [0.2, 0.25) is 0 Å². The lowest BCUT2D eigenvalue weighted by Crippen LogP contribution is -1.96. The molecule has 0 radical (unpaired) electrons. The summed E-state index contributed by atoms with van der Waals surface area (Å²) < 4.78 is 14.1. The van der Waals surface area contributed by atoms with Crippen LogP contribution >= 0.6 is 23.5 Å². The third kappa shape index (κ3) is 2.79. The van der Waals surface area contributed by atoms with Crippen LogP contribution in [0, 0.1) is 5.82 Å². The second-order valence-electron chi connectivity index (χ2n) is 4.51. The van der Waals surface area contributed by atoms with Crippen molar-refractivity contribution in [2.75, 3.05) is 11.5 Å². The van der Waals surface area contributed by atoms with Gasteiger partial charge in [-0.3, -0.25) is 4.79 Å². The van der Waals surface area contributed by atoms with Crippen molar-refractivity contribution < 1.29 is 9.18 Å². The van der Waals surface area contributed by atoms with E-state index >= 15 is 0 Å². The minimum atomic E-state index is -0.249. The summed E-state index contributed by atoms with van der Waals surface area (Å²) in [6.07, 6.45) is 3.54. The number of ketones is 1. The molecule has 2 aliphatic rings. The zero-order valence-electron chi connectivity index (χ0n) is 10.3. The highest BCUT2D eigenvalue weighted by molar-refractivity contribution is 8.25. The van der Waals surface area contributed by atoms with Crippen LogP contribution in [0.4, 0.5) is 4.39 Å². The lowest BCUT2D eigenvalue weighted by Gasteiger charge is -1.99. The molecule has 1 saturated carbocycles. The van der Waals surface area contributed by atoms with E-state index < -0.39 is 0 Å². The van der Waals surface area contributed by atoms with E-state index in [2.05, 4.69) is 0 Å². The molecule has 0 atom stereocenters. The summed E-state index contributed by atoms with van der Waals surface area (Å²) in [5.74, 6) is 2.14. The second kappa shape index (κ2) is 5.55.